The van der Waals surface area contributed by atoms with Crippen LogP contribution in [0.3, 0.4) is 0 Å². The van der Waals surface area contributed by atoms with Crippen LogP contribution in [0.25, 0.3) is 0 Å². The Morgan fingerprint density at radius 1 is 1.09 bits per heavy atom. The van der Waals surface area contributed by atoms with Gasteiger partial charge in [-0.2, -0.15) is 5.26 Å². The minimum atomic E-state index is 0.0895. The summed E-state index contributed by atoms with van der Waals surface area (Å²) in [6.45, 7) is 13.7. The van der Waals surface area contributed by atoms with E-state index in [9.17, 15) is 4.79 Å². The molecule has 1 aromatic carbocycles. The highest BCUT2D eigenvalue weighted by molar-refractivity contribution is 5.94. The van der Waals surface area contributed by atoms with E-state index in [0.717, 1.165) is 18.4 Å². The molecule has 3 heteroatoms. The third kappa shape index (κ3) is 6.44. The minimum absolute atomic E-state index is 0.0895. The quantitative estimate of drug-likeness (QED) is 0.749. The maximum absolute atomic E-state index is 12.3. The molecule has 3 nitrogen and oxygen atoms in total. The van der Waals surface area contributed by atoms with Crippen LogP contribution in [0.4, 0.5) is 0 Å². The molecule has 2 rings (SSSR count). The van der Waals surface area contributed by atoms with Crippen molar-refractivity contribution in [3.05, 3.63) is 35.4 Å². The zero-order chi connectivity index (χ0) is 17.8. The standard InChI is InChI=1S/C16H20N2O.2C2H6/c1-12(2)14-3-5-15(6-4-14)16(19)18-9-7-13(11-17)8-10-18;2*1-2/h3-6,12-13H,7-10H2,1-2H3;2*1-2H3. The number of piperidine rings is 1. The Hall–Kier alpha value is -1.82. The first-order valence-corrected chi connectivity index (χ1v) is 8.90. The first kappa shape index (κ1) is 21.2. The fourth-order valence-electron chi connectivity index (χ4n) is 2.40. The summed E-state index contributed by atoms with van der Waals surface area (Å²) in [5.74, 6) is 0.689. The molecule has 128 valence electrons. The van der Waals surface area contributed by atoms with E-state index in [1.165, 1.54) is 5.56 Å². The molecule has 0 aliphatic carbocycles. The highest BCUT2D eigenvalue weighted by Gasteiger charge is 2.23. The van der Waals surface area contributed by atoms with E-state index in [1.54, 1.807) is 0 Å². The van der Waals surface area contributed by atoms with Gasteiger partial charge in [-0.1, -0.05) is 53.7 Å². The van der Waals surface area contributed by atoms with Gasteiger partial charge in [0.2, 0.25) is 0 Å². The number of hydrogen-bond acceptors (Lipinski definition) is 2. The number of carbonyl (C=O) groups is 1. The van der Waals surface area contributed by atoms with Gasteiger partial charge in [0.1, 0.15) is 0 Å². The molecule has 23 heavy (non-hydrogen) atoms. The fourth-order valence-corrected chi connectivity index (χ4v) is 2.40. The van der Waals surface area contributed by atoms with Crippen LogP contribution in [0, 0.1) is 17.2 Å². The summed E-state index contributed by atoms with van der Waals surface area (Å²) in [6.07, 6.45) is 1.60. The van der Waals surface area contributed by atoms with Crippen molar-refractivity contribution in [2.75, 3.05) is 13.1 Å². The summed E-state index contributed by atoms with van der Waals surface area (Å²) in [7, 11) is 0. The molecule has 1 aliphatic heterocycles. The first-order chi connectivity index (χ1) is 11.1. The van der Waals surface area contributed by atoms with Crippen molar-refractivity contribution < 1.29 is 4.79 Å². The van der Waals surface area contributed by atoms with Gasteiger partial charge in [0.05, 0.1) is 6.07 Å². The van der Waals surface area contributed by atoms with Crippen LogP contribution in [0.2, 0.25) is 0 Å². The van der Waals surface area contributed by atoms with E-state index in [4.69, 9.17) is 5.26 Å². The van der Waals surface area contributed by atoms with Gasteiger partial charge < -0.3 is 4.90 Å². The predicted octanol–water partition coefficient (Wildman–Crippen LogP) is 5.24. The summed E-state index contributed by atoms with van der Waals surface area (Å²) in [5.41, 5.74) is 2.00. The Kier molecular flexibility index (Phi) is 10.8. The Morgan fingerprint density at radius 2 is 1.57 bits per heavy atom. The van der Waals surface area contributed by atoms with Crippen LogP contribution in [0.1, 0.15) is 76.2 Å². The Balaban J connectivity index is 0.00000112. The molecule has 0 spiro atoms. The van der Waals surface area contributed by atoms with E-state index in [2.05, 4.69) is 19.9 Å². The maximum atomic E-state index is 12.3. The Bertz CT molecular complexity index is 477. The lowest BCUT2D eigenvalue weighted by atomic mass is 9.97. The van der Waals surface area contributed by atoms with Gasteiger partial charge in [-0.05, 0) is 36.5 Å². The second kappa shape index (κ2) is 11.7. The van der Waals surface area contributed by atoms with E-state index in [1.807, 2.05) is 56.9 Å². The molecule has 0 radical (unpaired) electrons. The van der Waals surface area contributed by atoms with Crippen LogP contribution in [0.5, 0.6) is 0 Å². The monoisotopic (exact) mass is 316 g/mol. The highest BCUT2D eigenvalue weighted by atomic mass is 16.2. The van der Waals surface area contributed by atoms with Gasteiger partial charge in [-0.25, -0.2) is 0 Å². The Morgan fingerprint density at radius 3 is 1.96 bits per heavy atom. The second-order valence-electron chi connectivity index (χ2n) is 5.47. The number of hydrogen-bond donors (Lipinski definition) is 0. The molecule has 1 amide bonds. The lowest BCUT2D eigenvalue weighted by Crippen LogP contribution is -2.38. The van der Waals surface area contributed by atoms with Crippen LogP contribution in [0.15, 0.2) is 24.3 Å². The van der Waals surface area contributed by atoms with Crippen molar-refractivity contribution in [1.82, 2.24) is 4.90 Å². The third-order valence-corrected chi connectivity index (χ3v) is 3.79. The molecule has 1 aromatic rings. The van der Waals surface area contributed by atoms with E-state index in [-0.39, 0.29) is 11.8 Å². The zero-order valence-electron chi connectivity index (χ0n) is 15.6. The summed E-state index contributed by atoms with van der Waals surface area (Å²) in [5, 5.41) is 8.86. The van der Waals surface area contributed by atoms with Crippen molar-refractivity contribution >= 4 is 5.91 Å². The summed E-state index contributed by atoms with van der Waals surface area (Å²) >= 11 is 0. The van der Waals surface area contributed by atoms with Gasteiger partial charge in [0.25, 0.3) is 5.91 Å². The van der Waals surface area contributed by atoms with Gasteiger partial charge in [-0.3, -0.25) is 4.79 Å². The molecule has 0 N–H and O–H groups in total. The van der Waals surface area contributed by atoms with Crippen molar-refractivity contribution in [1.29, 1.82) is 5.26 Å². The van der Waals surface area contributed by atoms with Crippen LogP contribution < -0.4 is 0 Å². The zero-order valence-corrected chi connectivity index (χ0v) is 15.6. The number of likely N-dealkylation sites (tertiary alicyclic amines) is 1. The van der Waals surface area contributed by atoms with E-state index >= 15 is 0 Å². The van der Waals surface area contributed by atoms with Crippen LogP contribution >= 0.6 is 0 Å². The summed E-state index contributed by atoms with van der Waals surface area (Å²) in [6, 6.07) is 10.2. The third-order valence-electron chi connectivity index (χ3n) is 3.79. The molecule has 1 fully saturated rings. The lowest BCUT2D eigenvalue weighted by molar-refractivity contribution is 0.0707. The van der Waals surface area contributed by atoms with E-state index in [0.29, 0.717) is 19.0 Å². The predicted molar refractivity (Wildman–Crippen MR) is 97.5 cm³/mol. The Labute approximate surface area is 142 Å². The van der Waals surface area contributed by atoms with Crippen molar-refractivity contribution in [3.63, 3.8) is 0 Å². The van der Waals surface area contributed by atoms with Crippen molar-refractivity contribution in [2.45, 2.75) is 60.3 Å². The SMILES string of the molecule is CC.CC.CC(C)c1ccc(C(=O)N2CCC(C#N)CC2)cc1. The smallest absolute Gasteiger partial charge is 0.253 e. The highest BCUT2D eigenvalue weighted by Crippen LogP contribution is 2.20. The fraction of sp³-hybridized carbons (Fsp3) is 0.600. The average molecular weight is 316 g/mol. The van der Waals surface area contributed by atoms with Gasteiger partial charge in [-0.15, -0.1) is 0 Å². The van der Waals surface area contributed by atoms with E-state index < -0.39 is 0 Å². The molecular formula is C20H32N2O. The first-order valence-electron chi connectivity index (χ1n) is 8.90. The molecule has 0 saturated carbocycles. The number of amides is 1. The number of nitrogens with zero attached hydrogens (tertiary/aromatic N) is 2. The van der Waals surface area contributed by atoms with Gasteiger partial charge in [0.15, 0.2) is 0 Å². The molecule has 0 unspecified atom stereocenters. The number of benzene rings is 1. The molecule has 0 atom stereocenters. The molecular weight excluding hydrogens is 284 g/mol. The number of rotatable bonds is 2. The van der Waals surface area contributed by atoms with Crippen LogP contribution in [-0.2, 0) is 0 Å². The molecule has 1 saturated heterocycles. The van der Waals surface area contributed by atoms with Crippen molar-refractivity contribution in [2.24, 2.45) is 5.92 Å². The maximum Gasteiger partial charge on any atom is 0.253 e. The lowest BCUT2D eigenvalue weighted by Gasteiger charge is -2.29. The minimum Gasteiger partial charge on any atom is -0.339 e. The topological polar surface area (TPSA) is 44.1 Å². The second-order valence-corrected chi connectivity index (χ2v) is 5.47. The molecule has 1 heterocycles. The normalized spacial score (nSPS) is 14.1. The largest absolute Gasteiger partial charge is 0.339 e. The summed E-state index contributed by atoms with van der Waals surface area (Å²) < 4.78 is 0. The number of carbonyl (C=O) groups excluding carboxylic acids is 1. The van der Waals surface area contributed by atoms with Crippen molar-refractivity contribution in [3.8, 4) is 6.07 Å². The number of nitriles is 1. The average Bonchev–Trinajstić information content (AvgIpc) is 2.64. The molecule has 0 bridgehead atoms. The van der Waals surface area contributed by atoms with Crippen LogP contribution in [-0.4, -0.2) is 23.9 Å². The molecule has 1 aliphatic rings. The molecule has 0 aromatic heterocycles. The van der Waals surface area contributed by atoms with Gasteiger partial charge >= 0.3 is 0 Å². The van der Waals surface area contributed by atoms with Gasteiger partial charge in [0, 0.05) is 24.6 Å². The summed E-state index contributed by atoms with van der Waals surface area (Å²) in [4.78, 5) is 14.2.